The topological polar surface area (TPSA) is 0 Å². The van der Waals surface area contributed by atoms with Crippen LogP contribution < -0.4 is 0 Å². The van der Waals surface area contributed by atoms with Crippen LogP contribution in [0, 0.1) is 0 Å². The third-order valence-corrected chi connectivity index (χ3v) is 4.09. The Morgan fingerprint density at radius 2 is 1.65 bits per heavy atom. The van der Waals surface area contributed by atoms with E-state index in [1.807, 2.05) is 11.3 Å². The molecule has 17 heavy (non-hydrogen) atoms. The van der Waals surface area contributed by atoms with E-state index in [2.05, 4.69) is 60.0 Å². The lowest BCUT2D eigenvalue weighted by molar-refractivity contribution is 0.971. The molecule has 0 amide bonds. The second-order valence-electron chi connectivity index (χ2n) is 4.24. The molecule has 0 saturated carbocycles. The van der Waals surface area contributed by atoms with E-state index in [1.165, 1.54) is 21.2 Å². The summed E-state index contributed by atoms with van der Waals surface area (Å²) in [5.74, 6) is 0. The monoisotopic (exact) mass is 238 g/mol. The number of hydrogen-bond donors (Lipinski definition) is 0. The molecule has 0 radical (unpaired) electrons. The Hall–Kier alpha value is -1.60. The highest BCUT2D eigenvalue weighted by atomic mass is 32.1. The number of aryl methyl sites for hydroxylation is 2. The molecule has 0 spiro atoms. The van der Waals surface area contributed by atoms with Crippen molar-refractivity contribution in [2.24, 2.45) is 0 Å². The fraction of sp³-hybridized carbons (Fsp3) is 0.125. The molecule has 0 atom stereocenters. The molecule has 0 bridgehead atoms. The van der Waals surface area contributed by atoms with Gasteiger partial charge in [-0.05, 0) is 40.8 Å². The SMILES string of the molecule is c1ccc(CCc2cccc3ccsc23)cc1. The zero-order valence-corrected chi connectivity index (χ0v) is 10.4. The molecule has 1 heteroatoms. The van der Waals surface area contributed by atoms with Crippen LogP contribution in [-0.2, 0) is 12.8 Å². The summed E-state index contributed by atoms with van der Waals surface area (Å²) in [4.78, 5) is 0. The van der Waals surface area contributed by atoms with Crippen molar-refractivity contribution in [1.82, 2.24) is 0 Å². The van der Waals surface area contributed by atoms with E-state index in [-0.39, 0.29) is 0 Å². The first-order valence-corrected chi connectivity index (χ1v) is 6.80. The third kappa shape index (κ3) is 2.25. The average Bonchev–Trinajstić information content (AvgIpc) is 2.86. The fourth-order valence-corrected chi connectivity index (χ4v) is 3.12. The first-order chi connectivity index (χ1) is 8.43. The van der Waals surface area contributed by atoms with Gasteiger partial charge in [-0.1, -0.05) is 48.5 Å². The van der Waals surface area contributed by atoms with E-state index >= 15 is 0 Å². The van der Waals surface area contributed by atoms with Crippen LogP contribution in [-0.4, -0.2) is 0 Å². The Kier molecular flexibility index (Phi) is 2.93. The van der Waals surface area contributed by atoms with E-state index in [0.717, 1.165) is 12.8 Å². The van der Waals surface area contributed by atoms with E-state index in [9.17, 15) is 0 Å². The van der Waals surface area contributed by atoms with Crippen molar-refractivity contribution in [3.8, 4) is 0 Å². The van der Waals surface area contributed by atoms with Gasteiger partial charge in [0.1, 0.15) is 0 Å². The molecule has 84 valence electrons. The van der Waals surface area contributed by atoms with Gasteiger partial charge in [0.05, 0.1) is 0 Å². The Balaban J connectivity index is 1.84. The van der Waals surface area contributed by atoms with Gasteiger partial charge in [-0.15, -0.1) is 11.3 Å². The highest BCUT2D eigenvalue weighted by Gasteiger charge is 2.02. The highest BCUT2D eigenvalue weighted by molar-refractivity contribution is 7.17. The van der Waals surface area contributed by atoms with Gasteiger partial charge in [0, 0.05) is 4.70 Å². The summed E-state index contributed by atoms with van der Waals surface area (Å²) in [5.41, 5.74) is 2.89. The second-order valence-corrected chi connectivity index (χ2v) is 5.16. The van der Waals surface area contributed by atoms with Gasteiger partial charge in [0.15, 0.2) is 0 Å². The van der Waals surface area contributed by atoms with Gasteiger partial charge in [-0.25, -0.2) is 0 Å². The van der Waals surface area contributed by atoms with Crippen LogP contribution in [0.3, 0.4) is 0 Å². The largest absolute Gasteiger partial charge is 0.144 e. The maximum absolute atomic E-state index is 2.25. The fourth-order valence-electron chi connectivity index (χ4n) is 2.18. The maximum Gasteiger partial charge on any atom is 0.0374 e. The molecule has 3 aromatic rings. The van der Waals surface area contributed by atoms with Crippen molar-refractivity contribution in [2.45, 2.75) is 12.8 Å². The molecule has 0 aliphatic rings. The minimum absolute atomic E-state index is 1.12. The van der Waals surface area contributed by atoms with Crippen LogP contribution in [0.4, 0.5) is 0 Å². The first-order valence-electron chi connectivity index (χ1n) is 5.92. The van der Waals surface area contributed by atoms with Crippen molar-refractivity contribution < 1.29 is 0 Å². The third-order valence-electron chi connectivity index (χ3n) is 3.09. The van der Waals surface area contributed by atoms with Crippen LogP contribution in [0.1, 0.15) is 11.1 Å². The summed E-state index contributed by atoms with van der Waals surface area (Å²) in [6.07, 6.45) is 2.25. The molecule has 0 N–H and O–H groups in total. The lowest BCUT2D eigenvalue weighted by Gasteiger charge is -2.03. The molecule has 3 rings (SSSR count). The smallest absolute Gasteiger partial charge is 0.0374 e. The van der Waals surface area contributed by atoms with Crippen LogP contribution in [0.25, 0.3) is 10.1 Å². The van der Waals surface area contributed by atoms with Crippen LogP contribution in [0.5, 0.6) is 0 Å². The zero-order valence-electron chi connectivity index (χ0n) is 9.60. The Morgan fingerprint density at radius 3 is 2.53 bits per heavy atom. The summed E-state index contributed by atoms with van der Waals surface area (Å²) in [5, 5.41) is 3.55. The molecule has 1 heterocycles. The molecular formula is C16H14S. The number of benzene rings is 2. The molecule has 0 fully saturated rings. The second kappa shape index (κ2) is 4.72. The predicted molar refractivity (Wildman–Crippen MR) is 75.7 cm³/mol. The molecule has 2 aromatic carbocycles. The molecule has 0 aliphatic carbocycles. The first kappa shape index (κ1) is 10.5. The van der Waals surface area contributed by atoms with Crippen molar-refractivity contribution in [3.05, 3.63) is 71.1 Å². The summed E-state index contributed by atoms with van der Waals surface area (Å²) < 4.78 is 1.45. The zero-order chi connectivity index (χ0) is 11.5. The number of fused-ring (bicyclic) bond motifs is 1. The van der Waals surface area contributed by atoms with Crippen LogP contribution in [0.2, 0.25) is 0 Å². The molecule has 1 aromatic heterocycles. The van der Waals surface area contributed by atoms with Crippen molar-refractivity contribution in [2.75, 3.05) is 0 Å². The summed E-state index contributed by atoms with van der Waals surface area (Å²) >= 11 is 1.85. The van der Waals surface area contributed by atoms with Crippen molar-refractivity contribution in [3.63, 3.8) is 0 Å². The minimum atomic E-state index is 1.12. The molecule has 0 nitrogen and oxygen atoms in total. The Bertz CT molecular complexity index is 608. The lowest BCUT2D eigenvalue weighted by Crippen LogP contribution is -1.90. The Morgan fingerprint density at radius 1 is 0.765 bits per heavy atom. The Labute approximate surface area is 106 Å². The summed E-state index contributed by atoms with van der Waals surface area (Å²) in [6, 6.07) is 19.5. The quantitative estimate of drug-likeness (QED) is 0.621. The van der Waals surface area contributed by atoms with Gasteiger partial charge in [0.25, 0.3) is 0 Å². The molecular weight excluding hydrogens is 224 g/mol. The number of hydrogen-bond acceptors (Lipinski definition) is 1. The van der Waals surface area contributed by atoms with E-state index in [0.29, 0.717) is 0 Å². The van der Waals surface area contributed by atoms with Crippen molar-refractivity contribution in [1.29, 1.82) is 0 Å². The number of rotatable bonds is 3. The van der Waals surface area contributed by atoms with E-state index in [1.54, 1.807) is 0 Å². The molecule has 0 unspecified atom stereocenters. The maximum atomic E-state index is 2.25. The van der Waals surface area contributed by atoms with Gasteiger partial charge >= 0.3 is 0 Å². The van der Waals surface area contributed by atoms with Gasteiger partial charge in [0.2, 0.25) is 0 Å². The van der Waals surface area contributed by atoms with Crippen LogP contribution >= 0.6 is 11.3 Å². The summed E-state index contributed by atoms with van der Waals surface area (Å²) in [7, 11) is 0. The van der Waals surface area contributed by atoms with Crippen molar-refractivity contribution >= 4 is 21.4 Å². The van der Waals surface area contributed by atoms with E-state index < -0.39 is 0 Å². The highest BCUT2D eigenvalue weighted by Crippen LogP contribution is 2.25. The standard InChI is InChI=1S/C16H14S/c1-2-5-13(6-3-1)9-10-14-7-4-8-15-11-12-17-16(14)15/h1-8,11-12H,9-10H2. The van der Waals surface area contributed by atoms with Gasteiger partial charge in [-0.2, -0.15) is 0 Å². The van der Waals surface area contributed by atoms with Gasteiger partial charge in [-0.3, -0.25) is 0 Å². The molecule has 0 aliphatic heterocycles. The predicted octanol–water partition coefficient (Wildman–Crippen LogP) is 4.69. The summed E-state index contributed by atoms with van der Waals surface area (Å²) in [6.45, 7) is 0. The van der Waals surface area contributed by atoms with Gasteiger partial charge < -0.3 is 0 Å². The van der Waals surface area contributed by atoms with E-state index in [4.69, 9.17) is 0 Å². The minimum Gasteiger partial charge on any atom is -0.144 e. The average molecular weight is 238 g/mol. The van der Waals surface area contributed by atoms with Crippen LogP contribution in [0.15, 0.2) is 60.0 Å². The number of thiophene rings is 1. The normalized spacial score (nSPS) is 10.8. The lowest BCUT2D eigenvalue weighted by atomic mass is 10.0. The molecule has 0 saturated heterocycles.